The first-order chi connectivity index (χ1) is 8.15. The summed E-state index contributed by atoms with van der Waals surface area (Å²) in [6.07, 6.45) is 1.39. The van der Waals surface area contributed by atoms with Crippen LogP contribution in [-0.2, 0) is 11.3 Å². The quantitative estimate of drug-likeness (QED) is 0.743. The fourth-order valence-corrected chi connectivity index (χ4v) is 2.55. The second-order valence-electron chi connectivity index (χ2n) is 4.03. The number of hydrogen-bond donors (Lipinski definition) is 3. The molecule has 1 fully saturated rings. The van der Waals surface area contributed by atoms with Gasteiger partial charge < -0.3 is 15.7 Å². The second kappa shape index (κ2) is 5.29. The summed E-state index contributed by atoms with van der Waals surface area (Å²) in [6, 6.07) is 1.96. The molecular formula is C11H14N2O3S. The molecule has 0 aromatic carbocycles. The third-order valence-corrected chi connectivity index (χ3v) is 3.67. The number of carboxylic acid groups (broad SMARTS) is 1. The number of thiophene rings is 1. The molecule has 3 N–H and O–H groups in total. The second-order valence-corrected chi connectivity index (χ2v) is 5.02. The Kier molecular flexibility index (Phi) is 3.75. The van der Waals surface area contributed by atoms with Crippen molar-refractivity contribution >= 4 is 23.2 Å². The van der Waals surface area contributed by atoms with Crippen LogP contribution in [-0.4, -0.2) is 29.6 Å². The van der Waals surface area contributed by atoms with E-state index in [0.717, 1.165) is 11.3 Å². The third kappa shape index (κ3) is 3.28. The van der Waals surface area contributed by atoms with Gasteiger partial charge in [0.05, 0.1) is 5.56 Å². The standard InChI is InChI=1S/C11H14N2O3S/c14-10-2-1-8(4-13-10)12-5-9-3-7(6-17-9)11(15)16/h3,6,8,12H,1-2,4-5H2,(H,13,14)(H,15,16). The Morgan fingerprint density at radius 1 is 1.65 bits per heavy atom. The summed E-state index contributed by atoms with van der Waals surface area (Å²) >= 11 is 1.44. The number of carbonyl (C=O) groups excluding carboxylic acids is 1. The highest BCUT2D eigenvalue weighted by Gasteiger charge is 2.17. The first-order valence-electron chi connectivity index (χ1n) is 5.46. The van der Waals surface area contributed by atoms with Crippen LogP contribution in [0.4, 0.5) is 0 Å². The molecule has 0 saturated carbocycles. The summed E-state index contributed by atoms with van der Waals surface area (Å²) in [5.74, 6) is -0.787. The smallest absolute Gasteiger partial charge is 0.336 e. The van der Waals surface area contributed by atoms with Gasteiger partial charge in [0.25, 0.3) is 0 Å². The van der Waals surface area contributed by atoms with Gasteiger partial charge in [-0.1, -0.05) is 0 Å². The fourth-order valence-electron chi connectivity index (χ4n) is 1.74. The first-order valence-corrected chi connectivity index (χ1v) is 6.34. The van der Waals surface area contributed by atoms with Crippen molar-refractivity contribution in [3.63, 3.8) is 0 Å². The average molecular weight is 254 g/mol. The molecule has 1 aliphatic heterocycles. The minimum Gasteiger partial charge on any atom is -0.478 e. The number of hydrogen-bond acceptors (Lipinski definition) is 4. The summed E-state index contributed by atoms with van der Waals surface area (Å²) in [4.78, 5) is 22.7. The topological polar surface area (TPSA) is 78.4 Å². The van der Waals surface area contributed by atoms with Gasteiger partial charge in [-0.25, -0.2) is 4.79 Å². The van der Waals surface area contributed by atoms with Gasteiger partial charge in [-0.15, -0.1) is 11.3 Å². The summed E-state index contributed by atoms with van der Waals surface area (Å²) in [7, 11) is 0. The Balaban J connectivity index is 1.81. The molecule has 0 aliphatic carbocycles. The van der Waals surface area contributed by atoms with E-state index in [0.29, 0.717) is 25.1 Å². The highest BCUT2D eigenvalue weighted by molar-refractivity contribution is 7.10. The molecule has 0 bridgehead atoms. The molecule has 1 aromatic heterocycles. The van der Waals surface area contributed by atoms with E-state index in [-0.39, 0.29) is 11.9 Å². The van der Waals surface area contributed by atoms with Gasteiger partial charge in [-0.2, -0.15) is 0 Å². The largest absolute Gasteiger partial charge is 0.478 e. The summed E-state index contributed by atoms with van der Waals surface area (Å²) in [5.41, 5.74) is 0.337. The van der Waals surface area contributed by atoms with Gasteiger partial charge in [0, 0.05) is 35.8 Å². The minimum absolute atomic E-state index is 0.104. The minimum atomic E-state index is -0.891. The Morgan fingerprint density at radius 2 is 2.47 bits per heavy atom. The van der Waals surface area contributed by atoms with Crippen LogP contribution in [0.15, 0.2) is 11.4 Å². The van der Waals surface area contributed by atoms with Crippen molar-refractivity contribution in [1.82, 2.24) is 10.6 Å². The van der Waals surface area contributed by atoms with E-state index in [1.165, 1.54) is 11.3 Å². The number of nitrogens with one attached hydrogen (secondary N) is 2. The van der Waals surface area contributed by atoms with Crippen molar-refractivity contribution in [1.29, 1.82) is 0 Å². The summed E-state index contributed by atoms with van der Waals surface area (Å²) in [6.45, 7) is 1.30. The number of carboxylic acids is 1. The lowest BCUT2D eigenvalue weighted by molar-refractivity contribution is -0.122. The van der Waals surface area contributed by atoms with Crippen LogP contribution in [0.5, 0.6) is 0 Å². The molecule has 6 heteroatoms. The predicted octanol–water partition coefficient (Wildman–Crippen LogP) is 0.815. The highest BCUT2D eigenvalue weighted by atomic mass is 32.1. The van der Waals surface area contributed by atoms with E-state index < -0.39 is 5.97 Å². The Morgan fingerprint density at radius 3 is 3.06 bits per heavy atom. The molecule has 17 heavy (non-hydrogen) atoms. The molecule has 1 unspecified atom stereocenters. The SMILES string of the molecule is O=C1CCC(NCc2cc(C(=O)O)cs2)CN1. The van der Waals surface area contributed by atoms with Crippen LogP contribution in [0, 0.1) is 0 Å². The maximum Gasteiger partial charge on any atom is 0.336 e. The molecule has 2 rings (SSSR count). The first kappa shape index (κ1) is 12.1. The van der Waals surface area contributed by atoms with E-state index in [4.69, 9.17) is 5.11 Å². The van der Waals surface area contributed by atoms with E-state index >= 15 is 0 Å². The molecule has 0 spiro atoms. The van der Waals surface area contributed by atoms with E-state index in [9.17, 15) is 9.59 Å². The van der Waals surface area contributed by atoms with Crippen LogP contribution < -0.4 is 10.6 Å². The van der Waals surface area contributed by atoms with Crippen molar-refractivity contribution in [2.24, 2.45) is 0 Å². The zero-order valence-corrected chi connectivity index (χ0v) is 10.0. The normalized spacial score (nSPS) is 20.0. The highest BCUT2D eigenvalue weighted by Crippen LogP contribution is 2.15. The van der Waals surface area contributed by atoms with Crippen molar-refractivity contribution < 1.29 is 14.7 Å². The average Bonchev–Trinajstić information content (AvgIpc) is 2.77. The van der Waals surface area contributed by atoms with Crippen molar-refractivity contribution in [3.8, 4) is 0 Å². The number of piperidine rings is 1. The lowest BCUT2D eigenvalue weighted by atomic mass is 10.1. The molecule has 92 valence electrons. The maximum atomic E-state index is 11.0. The fraction of sp³-hybridized carbons (Fsp3) is 0.455. The molecule has 1 aromatic rings. The number of carbonyl (C=O) groups is 2. The van der Waals surface area contributed by atoms with Crippen LogP contribution in [0.25, 0.3) is 0 Å². The number of aromatic carboxylic acids is 1. The Hall–Kier alpha value is -1.40. The van der Waals surface area contributed by atoms with Gasteiger partial charge in [0.2, 0.25) is 5.91 Å². The lowest BCUT2D eigenvalue weighted by Crippen LogP contribution is -2.45. The van der Waals surface area contributed by atoms with Crippen LogP contribution in [0.2, 0.25) is 0 Å². The maximum absolute atomic E-state index is 11.0. The molecule has 1 atom stereocenters. The molecule has 2 heterocycles. The van der Waals surface area contributed by atoms with Crippen LogP contribution in [0.1, 0.15) is 28.1 Å². The third-order valence-electron chi connectivity index (χ3n) is 2.73. The van der Waals surface area contributed by atoms with Crippen molar-refractivity contribution in [2.45, 2.75) is 25.4 Å². The Labute approximate surface area is 103 Å². The van der Waals surface area contributed by atoms with Gasteiger partial charge in [-0.05, 0) is 12.5 Å². The molecular weight excluding hydrogens is 240 g/mol. The lowest BCUT2D eigenvalue weighted by Gasteiger charge is -2.23. The zero-order chi connectivity index (χ0) is 12.3. The molecule has 1 amide bonds. The Bertz CT molecular complexity index is 420. The monoisotopic (exact) mass is 254 g/mol. The van der Waals surface area contributed by atoms with E-state index in [1.807, 2.05) is 0 Å². The van der Waals surface area contributed by atoms with Crippen LogP contribution in [0.3, 0.4) is 0 Å². The van der Waals surface area contributed by atoms with E-state index in [2.05, 4.69) is 10.6 Å². The zero-order valence-electron chi connectivity index (χ0n) is 9.23. The summed E-state index contributed by atoms with van der Waals surface area (Å²) < 4.78 is 0. The van der Waals surface area contributed by atoms with Gasteiger partial charge in [0.1, 0.15) is 0 Å². The molecule has 1 aliphatic rings. The van der Waals surface area contributed by atoms with Crippen molar-refractivity contribution in [3.05, 3.63) is 21.9 Å². The molecule has 1 saturated heterocycles. The van der Waals surface area contributed by atoms with Gasteiger partial charge in [-0.3, -0.25) is 4.79 Å². The molecule has 0 radical (unpaired) electrons. The summed E-state index contributed by atoms with van der Waals surface area (Å²) in [5, 5.41) is 16.5. The predicted molar refractivity (Wildman–Crippen MR) is 64.1 cm³/mol. The number of rotatable bonds is 4. The van der Waals surface area contributed by atoms with Crippen molar-refractivity contribution in [2.75, 3.05) is 6.54 Å². The van der Waals surface area contributed by atoms with Gasteiger partial charge in [0.15, 0.2) is 0 Å². The molecule has 5 nitrogen and oxygen atoms in total. The van der Waals surface area contributed by atoms with E-state index in [1.54, 1.807) is 11.4 Å². The number of amides is 1. The van der Waals surface area contributed by atoms with Crippen LogP contribution >= 0.6 is 11.3 Å². The van der Waals surface area contributed by atoms with Gasteiger partial charge >= 0.3 is 5.97 Å².